The second-order valence-electron chi connectivity index (χ2n) is 6.96. The highest BCUT2D eigenvalue weighted by Crippen LogP contribution is 2.43. The molecule has 0 aromatic heterocycles. The third-order valence-electron chi connectivity index (χ3n) is 4.92. The highest BCUT2D eigenvalue weighted by Gasteiger charge is 2.56. The topological polar surface area (TPSA) is 107 Å². The summed E-state index contributed by atoms with van der Waals surface area (Å²) in [6.07, 6.45) is 2.44. The van der Waals surface area contributed by atoms with Crippen LogP contribution in [0.2, 0.25) is 0 Å². The molecule has 0 aliphatic carbocycles. The van der Waals surface area contributed by atoms with Crippen LogP contribution in [0.4, 0.5) is 10.5 Å². The van der Waals surface area contributed by atoms with E-state index in [2.05, 4.69) is 21.2 Å². The van der Waals surface area contributed by atoms with E-state index in [4.69, 9.17) is 0 Å². The van der Waals surface area contributed by atoms with Gasteiger partial charge in [0.05, 0.1) is 0 Å². The van der Waals surface area contributed by atoms with Crippen LogP contribution >= 0.6 is 39.5 Å². The molecular formula is C20H22BrN3O5S2. The zero-order valence-electron chi connectivity index (χ0n) is 16.7. The van der Waals surface area contributed by atoms with Crippen LogP contribution in [0.1, 0.15) is 19.8 Å². The Bertz CT molecular complexity index is 926. The van der Waals surface area contributed by atoms with Gasteiger partial charge in [-0.1, -0.05) is 47.1 Å². The average Bonchev–Trinajstić information content (AvgIpc) is 2.75. The summed E-state index contributed by atoms with van der Waals surface area (Å²) in [6.45, 7) is 2.60. The van der Waals surface area contributed by atoms with Crippen molar-refractivity contribution in [1.82, 2.24) is 10.2 Å². The van der Waals surface area contributed by atoms with Gasteiger partial charge < -0.3 is 10.4 Å². The van der Waals surface area contributed by atoms with Gasteiger partial charge in [0.1, 0.15) is 17.1 Å². The van der Waals surface area contributed by atoms with E-state index in [1.54, 1.807) is 18.2 Å². The minimum absolute atomic E-state index is 0.0843. The molecule has 2 N–H and O–H groups in total. The van der Waals surface area contributed by atoms with E-state index in [1.807, 2.05) is 13.0 Å². The number of thioether (sulfide) groups is 2. The Hall–Kier alpha value is -1.98. The molecule has 1 aromatic rings. The molecule has 1 unspecified atom stereocenters. The standard InChI is InChI=1S/C20H22BrN3O5S2/c1-2-3-7-22-20(29)31-10-12-9-30-18-16(17(26)24(18)15(12)19(27)28)23(11-25)14-6-4-5-13(21)8-14/h4-6,8,11,16,18H,2-3,7,9-10H2,1H3,(H,22,29)(H,27,28)/t16?,18-/m1/s1. The third-order valence-corrected chi connectivity index (χ3v) is 7.64. The molecule has 1 saturated heterocycles. The average molecular weight is 528 g/mol. The van der Waals surface area contributed by atoms with Crippen LogP contribution < -0.4 is 10.2 Å². The molecule has 2 heterocycles. The number of aliphatic carboxylic acids is 1. The maximum absolute atomic E-state index is 12.9. The molecule has 3 rings (SSSR count). The Balaban J connectivity index is 1.75. The molecule has 0 bridgehead atoms. The molecule has 0 spiro atoms. The van der Waals surface area contributed by atoms with Gasteiger partial charge in [0, 0.05) is 28.2 Å². The normalized spacial score (nSPS) is 20.1. The second kappa shape index (κ2) is 10.6. The number of halogens is 1. The number of nitrogens with zero attached hydrogens (tertiary/aromatic N) is 2. The summed E-state index contributed by atoms with van der Waals surface area (Å²) in [4.78, 5) is 51.2. The highest BCUT2D eigenvalue weighted by molar-refractivity contribution is 9.10. The molecule has 3 amide bonds. The predicted octanol–water partition coefficient (Wildman–Crippen LogP) is 3.28. The van der Waals surface area contributed by atoms with Gasteiger partial charge in [-0.15, -0.1) is 11.8 Å². The number of unbranched alkanes of at least 4 members (excludes halogenated alkanes) is 1. The third kappa shape index (κ3) is 5.09. The number of carboxylic acids is 1. The second-order valence-corrected chi connectivity index (χ2v) is 9.93. The molecule has 31 heavy (non-hydrogen) atoms. The Labute approximate surface area is 196 Å². The van der Waals surface area contributed by atoms with Crippen LogP contribution in [0.25, 0.3) is 0 Å². The van der Waals surface area contributed by atoms with Crippen LogP contribution in [0, 0.1) is 0 Å². The van der Waals surface area contributed by atoms with E-state index in [0.717, 1.165) is 29.1 Å². The summed E-state index contributed by atoms with van der Waals surface area (Å²) in [6, 6.07) is 6.23. The number of hydrogen-bond donors (Lipinski definition) is 2. The lowest BCUT2D eigenvalue weighted by Crippen LogP contribution is -2.70. The summed E-state index contributed by atoms with van der Waals surface area (Å²) in [7, 11) is 0. The van der Waals surface area contributed by atoms with E-state index in [0.29, 0.717) is 30.0 Å². The van der Waals surface area contributed by atoms with Gasteiger partial charge in [0.25, 0.3) is 11.1 Å². The van der Waals surface area contributed by atoms with E-state index < -0.39 is 23.3 Å². The fraction of sp³-hybridized carbons (Fsp3) is 0.400. The Kier molecular flexibility index (Phi) is 8.06. The number of rotatable bonds is 9. The number of carboxylic acid groups (broad SMARTS) is 1. The zero-order valence-corrected chi connectivity index (χ0v) is 20.0. The van der Waals surface area contributed by atoms with Gasteiger partial charge in [-0.05, 0) is 30.2 Å². The fourth-order valence-corrected chi connectivity index (χ4v) is 6.06. The number of fused-ring (bicyclic) bond motifs is 1. The van der Waals surface area contributed by atoms with Crippen molar-refractivity contribution in [3.05, 3.63) is 40.0 Å². The molecule has 0 radical (unpaired) electrons. The van der Waals surface area contributed by atoms with Gasteiger partial charge in [-0.25, -0.2) is 4.79 Å². The van der Waals surface area contributed by atoms with Crippen molar-refractivity contribution in [3.8, 4) is 0 Å². The molecule has 11 heteroatoms. The fourth-order valence-electron chi connectivity index (χ4n) is 3.39. The number of anilines is 1. The lowest BCUT2D eigenvalue weighted by molar-refractivity contribution is -0.148. The van der Waals surface area contributed by atoms with Crippen molar-refractivity contribution in [2.24, 2.45) is 0 Å². The van der Waals surface area contributed by atoms with Crippen LogP contribution in [0.15, 0.2) is 40.0 Å². The number of amides is 3. The summed E-state index contributed by atoms with van der Waals surface area (Å²) in [5, 5.41) is 11.8. The van der Waals surface area contributed by atoms with Crippen molar-refractivity contribution in [2.45, 2.75) is 31.2 Å². The van der Waals surface area contributed by atoms with Crippen molar-refractivity contribution in [3.63, 3.8) is 0 Å². The Morgan fingerprint density at radius 3 is 2.87 bits per heavy atom. The van der Waals surface area contributed by atoms with Crippen molar-refractivity contribution in [2.75, 3.05) is 23.0 Å². The van der Waals surface area contributed by atoms with Crippen LogP contribution in [-0.4, -0.2) is 63.0 Å². The first-order chi connectivity index (χ1) is 14.9. The maximum atomic E-state index is 12.9. The van der Waals surface area contributed by atoms with Gasteiger partial charge in [0.2, 0.25) is 6.41 Å². The molecule has 0 saturated carbocycles. The van der Waals surface area contributed by atoms with E-state index in [9.17, 15) is 24.3 Å². The van der Waals surface area contributed by atoms with Crippen molar-refractivity contribution >= 4 is 68.7 Å². The summed E-state index contributed by atoms with van der Waals surface area (Å²) in [5.41, 5.74) is 0.990. The molecule has 1 aromatic carbocycles. The first-order valence-corrected chi connectivity index (χ1v) is 12.5. The smallest absolute Gasteiger partial charge is 0.352 e. The molecule has 166 valence electrons. The first-order valence-electron chi connectivity index (χ1n) is 9.68. The van der Waals surface area contributed by atoms with E-state index in [-0.39, 0.29) is 16.7 Å². The molecule has 1 fully saturated rings. The zero-order chi connectivity index (χ0) is 22.5. The number of benzene rings is 1. The van der Waals surface area contributed by atoms with Gasteiger partial charge >= 0.3 is 5.97 Å². The predicted molar refractivity (Wildman–Crippen MR) is 125 cm³/mol. The SMILES string of the molecule is CCCCNC(=O)SCC1=C(C(=O)O)N2C(=O)C(N(C=O)c3cccc(Br)c3)[C@H]2SC1. The van der Waals surface area contributed by atoms with E-state index >= 15 is 0 Å². The number of carbonyl (C=O) groups excluding carboxylic acids is 3. The molecule has 2 aliphatic rings. The van der Waals surface area contributed by atoms with Gasteiger partial charge in [0.15, 0.2) is 0 Å². The maximum Gasteiger partial charge on any atom is 0.352 e. The molecule has 2 aliphatic heterocycles. The summed E-state index contributed by atoms with van der Waals surface area (Å²) >= 11 is 5.75. The van der Waals surface area contributed by atoms with E-state index in [1.165, 1.54) is 21.6 Å². The largest absolute Gasteiger partial charge is 0.477 e. The minimum Gasteiger partial charge on any atom is -0.477 e. The molecular weight excluding hydrogens is 506 g/mol. The molecule has 8 nitrogen and oxygen atoms in total. The van der Waals surface area contributed by atoms with Gasteiger partial charge in [-0.3, -0.25) is 24.2 Å². The molecule has 2 atom stereocenters. The lowest BCUT2D eigenvalue weighted by Gasteiger charge is -2.52. The monoisotopic (exact) mass is 527 g/mol. The Morgan fingerprint density at radius 2 is 2.23 bits per heavy atom. The summed E-state index contributed by atoms with van der Waals surface area (Å²) in [5.74, 6) is -1.10. The number of nitrogens with one attached hydrogen (secondary N) is 1. The van der Waals surface area contributed by atoms with Crippen LogP contribution in [0.3, 0.4) is 0 Å². The first kappa shape index (κ1) is 23.7. The quantitative estimate of drug-likeness (QED) is 0.288. The highest BCUT2D eigenvalue weighted by atomic mass is 79.9. The van der Waals surface area contributed by atoms with Gasteiger partial charge in [-0.2, -0.15) is 0 Å². The minimum atomic E-state index is -1.21. The summed E-state index contributed by atoms with van der Waals surface area (Å²) < 4.78 is 0.763. The van der Waals surface area contributed by atoms with Crippen LogP contribution in [-0.2, 0) is 14.4 Å². The number of hydrogen-bond acceptors (Lipinski definition) is 6. The number of β-lactam (4-membered cyclic amide) rings is 1. The van der Waals surface area contributed by atoms with Crippen LogP contribution in [0.5, 0.6) is 0 Å². The van der Waals surface area contributed by atoms with Crippen molar-refractivity contribution in [1.29, 1.82) is 0 Å². The van der Waals surface area contributed by atoms with Crippen molar-refractivity contribution < 1.29 is 24.3 Å². The number of carbonyl (C=O) groups is 4. The Morgan fingerprint density at radius 1 is 1.45 bits per heavy atom. The lowest BCUT2D eigenvalue weighted by atomic mass is 10.0.